The third kappa shape index (κ3) is 3.97. The van der Waals surface area contributed by atoms with E-state index in [4.69, 9.17) is 0 Å². The first-order chi connectivity index (χ1) is 15.6. The number of benzene rings is 3. The summed E-state index contributed by atoms with van der Waals surface area (Å²) in [4.78, 5) is 29.7. The Labute approximate surface area is 188 Å². The molecule has 5 heteroatoms. The first kappa shape index (κ1) is 21.0. The molecular formula is C27H30N2O3. The van der Waals surface area contributed by atoms with E-state index in [2.05, 4.69) is 23.1 Å². The van der Waals surface area contributed by atoms with E-state index in [0.29, 0.717) is 12.6 Å². The zero-order valence-electron chi connectivity index (χ0n) is 18.4. The smallest absolute Gasteiger partial charge is 0.307 e. The molecule has 5 rings (SSSR count). The maximum Gasteiger partial charge on any atom is 0.307 e. The summed E-state index contributed by atoms with van der Waals surface area (Å²) in [6.07, 6.45) is 4.63. The first-order valence-corrected chi connectivity index (χ1v) is 11.8. The van der Waals surface area contributed by atoms with E-state index in [1.165, 1.54) is 0 Å². The molecule has 32 heavy (non-hydrogen) atoms. The van der Waals surface area contributed by atoms with Gasteiger partial charge in [-0.2, -0.15) is 0 Å². The summed E-state index contributed by atoms with van der Waals surface area (Å²) in [5.41, 5.74) is 0.804. The lowest BCUT2D eigenvalue weighted by Crippen LogP contribution is -2.48. The summed E-state index contributed by atoms with van der Waals surface area (Å²) in [5.74, 6) is -0.831. The van der Waals surface area contributed by atoms with Crippen molar-refractivity contribution in [2.24, 2.45) is 5.92 Å². The standard InChI is InChI=1S/C27H30N2O3/c30-26(25-23-10-3-1-7-19(23)17-20-8-2-4-11-24(20)25)28-15-12-22(13-16-28)29-14-6-5-9-21(18-29)27(31)32/h1-4,7-8,10-11,17,21-22H,5-6,9,12-16,18H2,(H,31,32). The maximum absolute atomic E-state index is 13.7. The average molecular weight is 431 g/mol. The van der Waals surface area contributed by atoms with Crippen molar-refractivity contribution < 1.29 is 14.7 Å². The quantitative estimate of drug-likeness (QED) is 0.607. The number of carbonyl (C=O) groups is 2. The Morgan fingerprint density at radius 2 is 1.44 bits per heavy atom. The number of rotatable bonds is 3. The summed E-state index contributed by atoms with van der Waals surface area (Å²) in [6.45, 7) is 3.04. The van der Waals surface area contributed by atoms with Crippen LogP contribution in [0.5, 0.6) is 0 Å². The molecule has 1 N–H and O–H groups in total. The normalized spacial score (nSPS) is 21.0. The average Bonchev–Trinajstić information content (AvgIpc) is 3.09. The minimum atomic E-state index is -0.674. The fourth-order valence-electron chi connectivity index (χ4n) is 5.54. The zero-order chi connectivity index (χ0) is 22.1. The van der Waals surface area contributed by atoms with Gasteiger partial charge in [-0.15, -0.1) is 0 Å². The molecule has 0 radical (unpaired) electrons. The van der Waals surface area contributed by atoms with E-state index in [-0.39, 0.29) is 11.8 Å². The molecule has 1 unspecified atom stereocenters. The molecule has 0 saturated carbocycles. The predicted molar refractivity (Wildman–Crippen MR) is 127 cm³/mol. The summed E-state index contributed by atoms with van der Waals surface area (Å²) in [7, 11) is 0. The lowest BCUT2D eigenvalue weighted by atomic mass is 9.94. The highest BCUT2D eigenvalue weighted by molar-refractivity contribution is 6.18. The van der Waals surface area contributed by atoms with Crippen LogP contribution in [0.1, 0.15) is 42.5 Å². The fourth-order valence-corrected chi connectivity index (χ4v) is 5.54. The topological polar surface area (TPSA) is 60.9 Å². The Hall–Kier alpha value is -2.92. The van der Waals surface area contributed by atoms with Crippen molar-refractivity contribution in [2.75, 3.05) is 26.2 Å². The lowest BCUT2D eigenvalue weighted by Gasteiger charge is -2.39. The molecule has 2 aliphatic rings. The van der Waals surface area contributed by atoms with Crippen LogP contribution in [0.15, 0.2) is 54.6 Å². The molecule has 5 nitrogen and oxygen atoms in total. The number of carboxylic acid groups (broad SMARTS) is 1. The molecule has 166 valence electrons. The molecule has 0 aliphatic carbocycles. The van der Waals surface area contributed by atoms with Crippen molar-refractivity contribution >= 4 is 33.4 Å². The van der Waals surface area contributed by atoms with Crippen LogP contribution in [-0.2, 0) is 4.79 Å². The SMILES string of the molecule is O=C(O)C1CCCCN(C2CCN(C(=O)c3c4ccccc4cc4ccccc34)CC2)C1. The monoisotopic (exact) mass is 430 g/mol. The molecule has 0 spiro atoms. The number of aliphatic carboxylic acids is 1. The van der Waals surface area contributed by atoms with E-state index in [9.17, 15) is 14.7 Å². The van der Waals surface area contributed by atoms with Gasteiger partial charge in [-0.05, 0) is 59.8 Å². The summed E-state index contributed by atoms with van der Waals surface area (Å²) < 4.78 is 0. The van der Waals surface area contributed by atoms with Crippen LogP contribution in [0.4, 0.5) is 0 Å². The second kappa shape index (κ2) is 8.91. The molecule has 0 aromatic heterocycles. The highest BCUT2D eigenvalue weighted by Gasteiger charge is 2.32. The molecule has 1 atom stereocenters. The van der Waals surface area contributed by atoms with Crippen molar-refractivity contribution in [2.45, 2.75) is 38.1 Å². The highest BCUT2D eigenvalue weighted by Crippen LogP contribution is 2.31. The van der Waals surface area contributed by atoms with Crippen LogP contribution >= 0.6 is 0 Å². The molecule has 0 bridgehead atoms. The minimum Gasteiger partial charge on any atom is -0.481 e. The third-order valence-electron chi connectivity index (χ3n) is 7.31. The highest BCUT2D eigenvalue weighted by atomic mass is 16.4. The Kier molecular flexibility index (Phi) is 5.83. The molecule has 3 aromatic rings. The van der Waals surface area contributed by atoms with Crippen LogP contribution in [-0.4, -0.2) is 59.0 Å². The van der Waals surface area contributed by atoms with Gasteiger partial charge in [0.05, 0.1) is 11.5 Å². The third-order valence-corrected chi connectivity index (χ3v) is 7.31. The number of fused-ring (bicyclic) bond motifs is 2. The summed E-state index contributed by atoms with van der Waals surface area (Å²) in [6, 6.07) is 18.8. The van der Waals surface area contributed by atoms with Crippen LogP contribution in [0.2, 0.25) is 0 Å². The van der Waals surface area contributed by atoms with E-state index in [0.717, 1.165) is 78.8 Å². The number of hydrogen-bond acceptors (Lipinski definition) is 3. The molecule has 2 heterocycles. The minimum absolute atomic E-state index is 0.107. The predicted octanol–water partition coefficient (Wildman–Crippen LogP) is 4.78. The van der Waals surface area contributed by atoms with Crippen LogP contribution in [0.25, 0.3) is 21.5 Å². The molecule has 3 aromatic carbocycles. The number of amides is 1. The van der Waals surface area contributed by atoms with Crippen molar-refractivity contribution in [3.8, 4) is 0 Å². The van der Waals surface area contributed by atoms with Gasteiger partial charge in [0, 0.05) is 25.7 Å². The molecule has 2 aliphatic heterocycles. The summed E-state index contributed by atoms with van der Waals surface area (Å²) in [5, 5.41) is 13.7. The van der Waals surface area contributed by atoms with Gasteiger partial charge in [0.2, 0.25) is 0 Å². The van der Waals surface area contributed by atoms with Crippen LogP contribution in [0.3, 0.4) is 0 Å². The molecular weight excluding hydrogens is 400 g/mol. The summed E-state index contributed by atoms with van der Waals surface area (Å²) >= 11 is 0. The van der Waals surface area contributed by atoms with Gasteiger partial charge in [-0.1, -0.05) is 55.0 Å². The second-order valence-corrected chi connectivity index (χ2v) is 9.24. The fraction of sp³-hybridized carbons (Fsp3) is 0.407. The van der Waals surface area contributed by atoms with E-state index < -0.39 is 5.97 Å². The Morgan fingerprint density at radius 3 is 2.06 bits per heavy atom. The van der Waals surface area contributed by atoms with E-state index in [1.807, 2.05) is 41.3 Å². The van der Waals surface area contributed by atoms with Gasteiger partial charge in [0.25, 0.3) is 5.91 Å². The van der Waals surface area contributed by atoms with Crippen molar-refractivity contribution in [1.29, 1.82) is 0 Å². The number of piperidine rings is 1. The molecule has 2 fully saturated rings. The van der Waals surface area contributed by atoms with Crippen molar-refractivity contribution in [1.82, 2.24) is 9.80 Å². The van der Waals surface area contributed by atoms with Crippen LogP contribution in [0, 0.1) is 5.92 Å². The van der Waals surface area contributed by atoms with Gasteiger partial charge in [0.15, 0.2) is 0 Å². The zero-order valence-corrected chi connectivity index (χ0v) is 18.4. The largest absolute Gasteiger partial charge is 0.481 e. The van der Waals surface area contributed by atoms with Gasteiger partial charge in [0.1, 0.15) is 0 Å². The van der Waals surface area contributed by atoms with Gasteiger partial charge in [-0.25, -0.2) is 0 Å². The van der Waals surface area contributed by atoms with Crippen LogP contribution < -0.4 is 0 Å². The van der Waals surface area contributed by atoms with Gasteiger partial charge in [-0.3, -0.25) is 14.5 Å². The van der Waals surface area contributed by atoms with Gasteiger partial charge < -0.3 is 10.0 Å². The first-order valence-electron chi connectivity index (χ1n) is 11.8. The Morgan fingerprint density at radius 1 is 0.812 bits per heavy atom. The number of nitrogens with zero attached hydrogens (tertiary/aromatic N) is 2. The number of likely N-dealkylation sites (tertiary alicyclic amines) is 2. The number of carbonyl (C=O) groups excluding carboxylic acids is 1. The lowest BCUT2D eigenvalue weighted by molar-refractivity contribution is -0.142. The van der Waals surface area contributed by atoms with Gasteiger partial charge >= 0.3 is 5.97 Å². The Bertz CT molecular complexity index is 1100. The number of carboxylic acids is 1. The second-order valence-electron chi connectivity index (χ2n) is 9.24. The number of hydrogen-bond donors (Lipinski definition) is 1. The molecule has 2 saturated heterocycles. The van der Waals surface area contributed by atoms with E-state index >= 15 is 0 Å². The van der Waals surface area contributed by atoms with Crippen molar-refractivity contribution in [3.63, 3.8) is 0 Å². The maximum atomic E-state index is 13.7. The van der Waals surface area contributed by atoms with Crippen molar-refractivity contribution in [3.05, 3.63) is 60.2 Å². The Balaban J connectivity index is 1.37. The van der Waals surface area contributed by atoms with E-state index in [1.54, 1.807) is 0 Å². The molecule has 1 amide bonds.